The van der Waals surface area contributed by atoms with Crippen molar-refractivity contribution in [3.05, 3.63) is 59.4 Å². The van der Waals surface area contributed by atoms with Gasteiger partial charge < -0.3 is 14.5 Å². The average Bonchev–Trinajstić information content (AvgIpc) is 3.19. The smallest absolute Gasteiger partial charge is 0.273 e. The number of hydrogen-bond acceptors (Lipinski definition) is 4. The summed E-state index contributed by atoms with van der Waals surface area (Å²) >= 11 is 0. The molecule has 2 aliphatic heterocycles. The third kappa shape index (κ3) is 3.52. The number of carbonyl (C=O) groups is 2. The molecular weight excluding hydrogens is 342 g/mol. The minimum absolute atomic E-state index is 0.0511. The molecule has 2 amide bonds. The first kappa shape index (κ1) is 17.5. The lowest BCUT2D eigenvalue weighted by Gasteiger charge is -2.26. The van der Waals surface area contributed by atoms with Crippen molar-refractivity contribution in [2.24, 2.45) is 0 Å². The van der Waals surface area contributed by atoms with Crippen molar-refractivity contribution in [3.8, 4) is 5.75 Å². The molecule has 1 saturated heterocycles. The van der Waals surface area contributed by atoms with Crippen LogP contribution in [0, 0.1) is 0 Å². The molecular formula is C21H23N3O3. The van der Waals surface area contributed by atoms with Crippen LogP contribution in [-0.4, -0.2) is 52.3 Å². The van der Waals surface area contributed by atoms with Crippen molar-refractivity contribution in [1.82, 2.24) is 14.8 Å². The quantitative estimate of drug-likeness (QED) is 0.821. The molecule has 1 atom stereocenters. The molecule has 140 valence electrons. The van der Waals surface area contributed by atoms with E-state index in [9.17, 15) is 9.59 Å². The molecule has 0 aliphatic carbocycles. The van der Waals surface area contributed by atoms with Crippen LogP contribution < -0.4 is 4.74 Å². The van der Waals surface area contributed by atoms with Gasteiger partial charge in [0.15, 0.2) is 0 Å². The molecule has 0 N–H and O–H groups in total. The lowest BCUT2D eigenvalue weighted by molar-refractivity contribution is 0.0639. The Balaban J connectivity index is 1.61. The van der Waals surface area contributed by atoms with Crippen molar-refractivity contribution in [1.29, 1.82) is 0 Å². The van der Waals surface area contributed by atoms with Crippen molar-refractivity contribution in [2.75, 3.05) is 19.7 Å². The van der Waals surface area contributed by atoms with E-state index < -0.39 is 0 Å². The number of rotatable bonds is 2. The zero-order valence-corrected chi connectivity index (χ0v) is 15.4. The third-order valence-electron chi connectivity index (χ3n) is 5.20. The Hall–Kier alpha value is -2.89. The van der Waals surface area contributed by atoms with Gasteiger partial charge in [-0.3, -0.25) is 14.6 Å². The van der Waals surface area contributed by atoms with Gasteiger partial charge in [-0.15, -0.1) is 0 Å². The number of amides is 2. The van der Waals surface area contributed by atoms with E-state index in [4.69, 9.17) is 4.74 Å². The number of hydrogen-bond donors (Lipinski definition) is 0. The van der Waals surface area contributed by atoms with Crippen molar-refractivity contribution < 1.29 is 14.3 Å². The predicted molar refractivity (Wildman–Crippen MR) is 101 cm³/mol. The summed E-state index contributed by atoms with van der Waals surface area (Å²) in [7, 11) is 0. The highest BCUT2D eigenvalue weighted by atomic mass is 16.5. The van der Waals surface area contributed by atoms with Crippen molar-refractivity contribution in [2.45, 2.75) is 32.4 Å². The highest BCUT2D eigenvalue weighted by Crippen LogP contribution is 2.28. The average molecular weight is 365 g/mol. The SMILES string of the molecule is C[C@H]1COc2ccc(C(=O)N3CCCC3)cc2CN1C(=O)c1ccccn1. The number of carbonyl (C=O) groups excluding carboxylic acids is 2. The van der Waals surface area contributed by atoms with Gasteiger partial charge in [-0.05, 0) is 50.1 Å². The molecule has 0 unspecified atom stereocenters. The molecule has 2 aromatic rings. The van der Waals surface area contributed by atoms with Gasteiger partial charge >= 0.3 is 0 Å². The van der Waals surface area contributed by atoms with E-state index >= 15 is 0 Å². The molecule has 1 aromatic heterocycles. The van der Waals surface area contributed by atoms with Crippen LogP contribution >= 0.6 is 0 Å². The molecule has 0 saturated carbocycles. The molecule has 2 aliphatic rings. The van der Waals surface area contributed by atoms with Crippen LogP contribution in [0.2, 0.25) is 0 Å². The van der Waals surface area contributed by atoms with Crippen molar-refractivity contribution in [3.63, 3.8) is 0 Å². The second-order valence-corrected chi connectivity index (χ2v) is 7.13. The summed E-state index contributed by atoms with van der Waals surface area (Å²) in [4.78, 5) is 33.5. The number of likely N-dealkylation sites (tertiary alicyclic amines) is 1. The topological polar surface area (TPSA) is 62.7 Å². The maximum absolute atomic E-state index is 12.9. The van der Waals surface area contributed by atoms with Gasteiger partial charge in [-0.25, -0.2) is 0 Å². The van der Waals surface area contributed by atoms with Crippen LogP contribution in [0.4, 0.5) is 0 Å². The summed E-state index contributed by atoms with van der Waals surface area (Å²) < 4.78 is 5.90. The number of fused-ring (bicyclic) bond motifs is 1. The Morgan fingerprint density at radius 1 is 1.11 bits per heavy atom. The summed E-state index contributed by atoms with van der Waals surface area (Å²) in [6.45, 7) is 4.39. The minimum Gasteiger partial charge on any atom is -0.491 e. The standard InChI is InChI=1S/C21H23N3O3/c1-15-14-27-19-8-7-16(20(25)23-10-4-5-11-23)12-17(19)13-24(15)21(26)18-6-2-3-9-22-18/h2-3,6-9,12,15H,4-5,10-11,13-14H2,1H3/t15-/m0/s1. The lowest BCUT2D eigenvalue weighted by Crippen LogP contribution is -2.40. The molecule has 1 fully saturated rings. The Morgan fingerprint density at radius 2 is 1.93 bits per heavy atom. The number of nitrogens with zero attached hydrogens (tertiary/aromatic N) is 3. The summed E-state index contributed by atoms with van der Waals surface area (Å²) in [5.41, 5.74) is 1.92. The number of benzene rings is 1. The van der Waals surface area contributed by atoms with E-state index in [2.05, 4.69) is 4.98 Å². The highest BCUT2D eigenvalue weighted by molar-refractivity contribution is 5.95. The molecule has 1 aromatic carbocycles. The summed E-state index contributed by atoms with van der Waals surface area (Å²) in [5, 5.41) is 0. The van der Waals surface area contributed by atoms with Gasteiger partial charge in [0.25, 0.3) is 11.8 Å². The summed E-state index contributed by atoms with van der Waals surface area (Å²) in [6, 6.07) is 10.8. The Labute approximate surface area is 158 Å². The number of ether oxygens (including phenoxy) is 1. The van der Waals surface area contributed by atoms with Gasteiger partial charge in [0.2, 0.25) is 0 Å². The van der Waals surface area contributed by atoms with E-state index in [0.717, 1.165) is 37.2 Å². The summed E-state index contributed by atoms with van der Waals surface area (Å²) in [6.07, 6.45) is 3.74. The second-order valence-electron chi connectivity index (χ2n) is 7.13. The maximum atomic E-state index is 12.9. The third-order valence-corrected chi connectivity index (χ3v) is 5.20. The van der Waals surface area contributed by atoms with Crippen LogP contribution in [0.1, 0.15) is 46.2 Å². The highest BCUT2D eigenvalue weighted by Gasteiger charge is 2.28. The normalized spacial score (nSPS) is 19.2. The second kappa shape index (κ2) is 7.39. The van der Waals surface area contributed by atoms with E-state index in [-0.39, 0.29) is 17.9 Å². The van der Waals surface area contributed by atoms with Gasteiger partial charge in [-0.2, -0.15) is 0 Å². The molecule has 0 bridgehead atoms. The first-order valence-corrected chi connectivity index (χ1v) is 9.40. The zero-order chi connectivity index (χ0) is 18.8. The first-order chi connectivity index (χ1) is 13.1. The fraction of sp³-hybridized carbons (Fsp3) is 0.381. The minimum atomic E-state index is -0.129. The zero-order valence-electron chi connectivity index (χ0n) is 15.4. The Morgan fingerprint density at radius 3 is 2.67 bits per heavy atom. The van der Waals surface area contributed by atoms with Gasteiger partial charge in [0.05, 0.1) is 12.6 Å². The summed E-state index contributed by atoms with van der Waals surface area (Å²) in [5.74, 6) is 0.655. The molecule has 6 nitrogen and oxygen atoms in total. The van der Waals surface area contributed by atoms with Crippen LogP contribution in [0.5, 0.6) is 5.75 Å². The first-order valence-electron chi connectivity index (χ1n) is 9.40. The Bertz CT molecular complexity index is 847. The van der Waals surface area contributed by atoms with Crippen LogP contribution in [0.15, 0.2) is 42.6 Å². The molecule has 0 radical (unpaired) electrons. The predicted octanol–water partition coefficient (Wildman–Crippen LogP) is 2.74. The van der Waals surface area contributed by atoms with Gasteiger partial charge in [0.1, 0.15) is 18.1 Å². The molecule has 27 heavy (non-hydrogen) atoms. The lowest BCUT2D eigenvalue weighted by atomic mass is 10.1. The van der Waals surface area contributed by atoms with Crippen LogP contribution in [0.25, 0.3) is 0 Å². The van der Waals surface area contributed by atoms with E-state index in [1.807, 2.05) is 30.0 Å². The van der Waals surface area contributed by atoms with Crippen LogP contribution in [0.3, 0.4) is 0 Å². The molecule has 6 heteroatoms. The van der Waals surface area contributed by atoms with Crippen molar-refractivity contribution >= 4 is 11.8 Å². The Kier molecular flexibility index (Phi) is 4.79. The monoisotopic (exact) mass is 365 g/mol. The number of pyridine rings is 1. The fourth-order valence-electron chi connectivity index (χ4n) is 3.63. The van der Waals surface area contributed by atoms with Gasteiger partial charge in [-0.1, -0.05) is 6.07 Å². The largest absolute Gasteiger partial charge is 0.491 e. The van der Waals surface area contributed by atoms with E-state index in [0.29, 0.717) is 24.4 Å². The van der Waals surface area contributed by atoms with Crippen LogP contribution in [-0.2, 0) is 6.54 Å². The van der Waals surface area contributed by atoms with E-state index in [1.165, 1.54) is 0 Å². The molecule has 3 heterocycles. The van der Waals surface area contributed by atoms with Gasteiger partial charge in [0, 0.05) is 30.4 Å². The number of aromatic nitrogens is 1. The molecule has 4 rings (SSSR count). The molecule has 0 spiro atoms. The maximum Gasteiger partial charge on any atom is 0.273 e. The fourth-order valence-corrected chi connectivity index (χ4v) is 3.63. The van der Waals surface area contributed by atoms with E-state index in [1.54, 1.807) is 29.3 Å².